The van der Waals surface area contributed by atoms with Crippen LogP contribution in [0.15, 0.2) is 84.5 Å². The van der Waals surface area contributed by atoms with Crippen LogP contribution < -0.4 is 4.74 Å². The van der Waals surface area contributed by atoms with Crippen LogP contribution >= 0.6 is 0 Å². The van der Waals surface area contributed by atoms with Crippen molar-refractivity contribution in [3.05, 3.63) is 113 Å². The number of ether oxygens (including phenoxy) is 2. The number of carbonyl (C=O) groups excluding carboxylic acids is 1. The molecule has 0 amide bonds. The SMILES string of the molecule is C/C=C/c1ccc(-c2ccc(OC(=O)c3ccc(C4=CCC(OCC)C(F)=C4F)cc3)c(F)c2F)cc1. The Labute approximate surface area is 212 Å². The van der Waals surface area contributed by atoms with E-state index < -0.39 is 41.1 Å². The molecule has 0 radical (unpaired) electrons. The van der Waals surface area contributed by atoms with Crippen molar-refractivity contribution in [3.63, 3.8) is 0 Å². The third-order valence-electron chi connectivity index (χ3n) is 5.89. The standard InChI is InChI=1S/C30H24F4O3/c1-3-5-18-6-8-19(9-7-18)23-15-17-25(29(34)27(23)32)37-30(35)21-12-10-20(11-13-21)22-14-16-24(36-4-2)28(33)26(22)31/h3,5-15,17,24H,4,16H2,1-2H3/b5-3+. The molecule has 0 spiro atoms. The van der Waals surface area contributed by atoms with Crippen LogP contribution in [0.4, 0.5) is 17.6 Å². The minimum Gasteiger partial charge on any atom is -0.420 e. The van der Waals surface area contributed by atoms with Crippen molar-refractivity contribution >= 4 is 17.6 Å². The van der Waals surface area contributed by atoms with Gasteiger partial charge < -0.3 is 9.47 Å². The summed E-state index contributed by atoms with van der Waals surface area (Å²) in [6.45, 7) is 3.82. The van der Waals surface area contributed by atoms with Crippen LogP contribution in [0, 0.1) is 11.6 Å². The first-order chi connectivity index (χ1) is 17.8. The van der Waals surface area contributed by atoms with E-state index >= 15 is 0 Å². The molecule has 1 atom stereocenters. The van der Waals surface area contributed by atoms with E-state index in [0.717, 1.165) is 5.56 Å². The molecule has 190 valence electrons. The van der Waals surface area contributed by atoms with Gasteiger partial charge in [-0.1, -0.05) is 54.6 Å². The normalized spacial score (nSPS) is 15.7. The summed E-state index contributed by atoms with van der Waals surface area (Å²) >= 11 is 0. The number of rotatable bonds is 7. The van der Waals surface area contributed by atoms with Gasteiger partial charge in [0, 0.05) is 17.7 Å². The molecule has 1 aliphatic carbocycles. The van der Waals surface area contributed by atoms with E-state index in [9.17, 15) is 22.4 Å². The van der Waals surface area contributed by atoms with Crippen molar-refractivity contribution in [1.29, 1.82) is 0 Å². The first-order valence-corrected chi connectivity index (χ1v) is 11.7. The molecule has 1 unspecified atom stereocenters. The first kappa shape index (κ1) is 26.1. The lowest BCUT2D eigenvalue weighted by Crippen LogP contribution is -2.17. The third-order valence-corrected chi connectivity index (χ3v) is 5.89. The van der Waals surface area contributed by atoms with Crippen molar-refractivity contribution in [1.82, 2.24) is 0 Å². The number of benzene rings is 3. The highest BCUT2D eigenvalue weighted by Crippen LogP contribution is 2.36. The summed E-state index contributed by atoms with van der Waals surface area (Å²) in [4.78, 5) is 12.6. The largest absolute Gasteiger partial charge is 0.420 e. The van der Waals surface area contributed by atoms with Crippen LogP contribution in [0.2, 0.25) is 0 Å². The highest BCUT2D eigenvalue weighted by atomic mass is 19.2. The average molecular weight is 509 g/mol. The molecular weight excluding hydrogens is 484 g/mol. The quantitative estimate of drug-likeness (QED) is 0.183. The fourth-order valence-corrected chi connectivity index (χ4v) is 4.02. The molecule has 0 aromatic heterocycles. The van der Waals surface area contributed by atoms with Crippen molar-refractivity contribution in [2.75, 3.05) is 6.61 Å². The first-order valence-electron chi connectivity index (χ1n) is 11.7. The van der Waals surface area contributed by atoms with E-state index in [1.165, 1.54) is 42.5 Å². The lowest BCUT2D eigenvalue weighted by Gasteiger charge is -2.20. The molecule has 3 aromatic rings. The molecule has 37 heavy (non-hydrogen) atoms. The van der Waals surface area contributed by atoms with Gasteiger partial charge in [-0.05, 0) is 61.2 Å². The van der Waals surface area contributed by atoms with Crippen LogP contribution in [-0.4, -0.2) is 18.7 Å². The van der Waals surface area contributed by atoms with Crippen LogP contribution in [0.25, 0.3) is 22.8 Å². The van der Waals surface area contributed by atoms with E-state index in [0.29, 0.717) is 11.1 Å². The van der Waals surface area contributed by atoms with Gasteiger partial charge in [-0.25, -0.2) is 18.0 Å². The average Bonchev–Trinajstić information content (AvgIpc) is 2.91. The number of hydrogen-bond acceptors (Lipinski definition) is 3. The number of halogens is 4. The minimum atomic E-state index is -1.29. The molecule has 0 saturated carbocycles. The van der Waals surface area contributed by atoms with Gasteiger partial charge in [0.15, 0.2) is 23.2 Å². The summed E-state index contributed by atoms with van der Waals surface area (Å²) in [5, 5.41) is 0. The Balaban J connectivity index is 1.49. The fourth-order valence-electron chi connectivity index (χ4n) is 4.02. The second-order valence-electron chi connectivity index (χ2n) is 8.29. The Kier molecular flexibility index (Phi) is 8.04. The number of carbonyl (C=O) groups is 1. The maximum absolute atomic E-state index is 14.8. The van der Waals surface area contributed by atoms with Crippen LogP contribution in [0.1, 0.15) is 41.8 Å². The van der Waals surface area contributed by atoms with E-state index in [1.807, 2.05) is 19.1 Å². The van der Waals surface area contributed by atoms with E-state index in [1.54, 1.807) is 31.2 Å². The Hall–Kier alpha value is -3.97. The summed E-state index contributed by atoms with van der Waals surface area (Å²) in [5.41, 5.74) is 1.85. The van der Waals surface area contributed by atoms with Gasteiger partial charge in [0.05, 0.1) is 5.56 Å². The summed E-state index contributed by atoms with van der Waals surface area (Å²) in [5.74, 6) is -5.91. The zero-order valence-corrected chi connectivity index (χ0v) is 20.2. The third kappa shape index (κ3) is 5.57. The molecule has 1 aliphatic rings. The molecule has 7 heteroatoms. The fraction of sp³-hybridized carbons (Fsp3) is 0.167. The van der Waals surface area contributed by atoms with Crippen LogP contribution in [-0.2, 0) is 4.74 Å². The van der Waals surface area contributed by atoms with Gasteiger partial charge in [-0.3, -0.25) is 0 Å². The van der Waals surface area contributed by atoms with Gasteiger partial charge in [0.1, 0.15) is 6.10 Å². The molecule has 0 N–H and O–H groups in total. The predicted octanol–water partition coefficient (Wildman–Crippen LogP) is 8.23. The van der Waals surface area contributed by atoms with Gasteiger partial charge in [0.2, 0.25) is 5.82 Å². The van der Waals surface area contributed by atoms with Gasteiger partial charge in [-0.15, -0.1) is 0 Å². The van der Waals surface area contributed by atoms with Crippen LogP contribution in [0.3, 0.4) is 0 Å². The zero-order valence-electron chi connectivity index (χ0n) is 20.2. The topological polar surface area (TPSA) is 35.5 Å². The molecule has 0 bridgehead atoms. The maximum atomic E-state index is 14.8. The Morgan fingerprint density at radius 3 is 2.24 bits per heavy atom. The predicted molar refractivity (Wildman–Crippen MR) is 135 cm³/mol. The zero-order chi connectivity index (χ0) is 26.5. The molecule has 3 aromatic carbocycles. The Morgan fingerprint density at radius 2 is 1.59 bits per heavy atom. The minimum absolute atomic E-state index is 0.0284. The monoisotopic (exact) mass is 508 g/mol. The Bertz CT molecular complexity index is 1390. The van der Waals surface area contributed by atoms with Gasteiger partial charge in [-0.2, -0.15) is 4.39 Å². The molecular formula is C30H24F4O3. The number of hydrogen-bond donors (Lipinski definition) is 0. The van der Waals surface area contributed by atoms with E-state index in [4.69, 9.17) is 9.47 Å². The smallest absolute Gasteiger partial charge is 0.343 e. The highest BCUT2D eigenvalue weighted by molar-refractivity contribution is 5.92. The number of esters is 1. The molecule has 3 nitrogen and oxygen atoms in total. The Morgan fingerprint density at radius 1 is 0.919 bits per heavy atom. The summed E-state index contributed by atoms with van der Waals surface area (Å²) in [6, 6.07) is 14.9. The van der Waals surface area contributed by atoms with Crippen molar-refractivity contribution < 1.29 is 31.8 Å². The summed E-state index contributed by atoms with van der Waals surface area (Å²) in [6.07, 6.45) is 4.49. The van der Waals surface area contributed by atoms with Gasteiger partial charge >= 0.3 is 5.97 Å². The lowest BCUT2D eigenvalue weighted by atomic mass is 9.95. The lowest BCUT2D eigenvalue weighted by molar-refractivity contribution is 0.0709. The van der Waals surface area contributed by atoms with Crippen molar-refractivity contribution in [2.45, 2.75) is 26.4 Å². The molecule has 0 aliphatic heterocycles. The highest BCUT2D eigenvalue weighted by Gasteiger charge is 2.27. The molecule has 0 saturated heterocycles. The van der Waals surface area contributed by atoms with E-state index in [2.05, 4.69) is 0 Å². The molecule has 4 rings (SSSR count). The van der Waals surface area contributed by atoms with Crippen molar-refractivity contribution in [2.24, 2.45) is 0 Å². The van der Waals surface area contributed by atoms with Crippen LogP contribution in [0.5, 0.6) is 5.75 Å². The maximum Gasteiger partial charge on any atom is 0.343 e. The van der Waals surface area contributed by atoms with Crippen molar-refractivity contribution in [3.8, 4) is 16.9 Å². The summed E-state index contributed by atoms with van der Waals surface area (Å²) in [7, 11) is 0. The second-order valence-corrected chi connectivity index (χ2v) is 8.29. The van der Waals surface area contributed by atoms with E-state index in [-0.39, 0.29) is 29.7 Å². The number of allylic oxidation sites excluding steroid dienone is 3. The summed E-state index contributed by atoms with van der Waals surface area (Å²) < 4.78 is 68.6. The molecule has 0 heterocycles. The second kappa shape index (κ2) is 11.4. The van der Waals surface area contributed by atoms with Gasteiger partial charge in [0.25, 0.3) is 0 Å². The molecule has 0 fully saturated rings.